The molecule has 4 heterocycles. The van der Waals surface area contributed by atoms with Gasteiger partial charge in [0.05, 0.1) is 66.1 Å². The average molecular weight is 1060 g/mol. The summed E-state index contributed by atoms with van der Waals surface area (Å²) in [5.74, 6) is 2.14. The number of methoxy groups -OCH3 is 4. The van der Waals surface area contributed by atoms with Crippen LogP contribution in [0.25, 0.3) is 44.3 Å². The number of hydrogen-bond donors (Lipinski definition) is 3. The average Bonchev–Trinajstić information content (AvgIpc) is 3.95. The van der Waals surface area contributed by atoms with Crippen molar-refractivity contribution in [1.29, 1.82) is 0 Å². The molecular formula is C50H59Cl4N9O8. The largest absolute Gasteiger partial charge is 0.495 e. The first-order valence-corrected chi connectivity index (χ1v) is 24.9. The number of benzene rings is 2. The molecule has 6 aromatic rings. The number of nitrogens with two attached hydrogens (primary N) is 1. The van der Waals surface area contributed by atoms with E-state index in [1.165, 1.54) is 28.4 Å². The smallest absolute Gasteiger partial charge is 0.306 e. The highest BCUT2D eigenvalue weighted by molar-refractivity contribution is 6.42. The zero-order valence-electron chi connectivity index (χ0n) is 41.2. The van der Waals surface area contributed by atoms with Crippen LogP contribution in [0, 0.1) is 5.92 Å². The normalized spacial score (nSPS) is 17.7. The van der Waals surface area contributed by atoms with Crippen LogP contribution in [-0.2, 0) is 22.6 Å². The molecule has 0 amide bonds. The number of esters is 1. The van der Waals surface area contributed by atoms with Gasteiger partial charge in [0, 0.05) is 77.6 Å². The summed E-state index contributed by atoms with van der Waals surface area (Å²) in [5, 5.41) is 8.90. The summed E-state index contributed by atoms with van der Waals surface area (Å²) >= 11 is 26.4. The molecule has 0 aliphatic heterocycles. The number of nitrogens with zero attached hydrogens (tertiary/aromatic N) is 6. The number of aromatic nitrogens is 6. The van der Waals surface area contributed by atoms with Crippen molar-refractivity contribution in [3.8, 4) is 45.3 Å². The second-order valence-electron chi connectivity index (χ2n) is 18.3. The van der Waals surface area contributed by atoms with Gasteiger partial charge in [0.2, 0.25) is 11.9 Å². The van der Waals surface area contributed by atoms with E-state index < -0.39 is 5.60 Å². The minimum atomic E-state index is -0.521. The topological polar surface area (TPSA) is 209 Å². The van der Waals surface area contributed by atoms with Crippen molar-refractivity contribution in [2.24, 2.45) is 11.7 Å². The summed E-state index contributed by atoms with van der Waals surface area (Å²) in [6.07, 6.45) is 9.49. The van der Waals surface area contributed by atoms with Gasteiger partial charge in [0.1, 0.15) is 39.9 Å². The molecule has 4 aromatic heterocycles. The van der Waals surface area contributed by atoms with Crippen LogP contribution < -0.4 is 46.4 Å². The first-order chi connectivity index (χ1) is 33.9. The highest BCUT2D eigenvalue weighted by Gasteiger charge is 2.32. The fourth-order valence-corrected chi connectivity index (χ4v) is 10.6. The summed E-state index contributed by atoms with van der Waals surface area (Å²) in [5.41, 5.74) is 7.32. The predicted molar refractivity (Wildman–Crippen MR) is 281 cm³/mol. The second kappa shape index (κ2) is 22.4. The van der Waals surface area contributed by atoms with Crippen LogP contribution in [0.2, 0.25) is 20.1 Å². The molecule has 2 fully saturated rings. The molecule has 0 spiro atoms. The third kappa shape index (κ3) is 11.2. The highest BCUT2D eigenvalue weighted by Crippen LogP contribution is 2.47. The number of ether oxygens (including phenoxy) is 5. The number of hydrogen-bond acceptors (Lipinski definition) is 15. The molecule has 2 aliphatic carbocycles. The number of fused-ring (bicyclic) bond motifs is 2. The quantitative estimate of drug-likeness (QED) is 0.0867. The number of aryl methyl sites for hydroxylation is 2. The van der Waals surface area contributed by atoms with E-state index in [0.29, 0.717) is 93.2 Å². The van der Waals surface area contributed by atoms with Crippen molar-refractivity contribution < 1.29 is 28.5 Å². The molecule has 2 saturated carbocycles. The van der Waals surface area contributed by atoms with E-state index in [0.717, 1.165) is 38.5 Å². The Bertz CT molecular complexity index is 3030. The Morgan fingerprint density at radius 3 is 1.45 bits per heavy atom. The molecule has 0 saturated heterocycles. The number of nitrogens with one attached hydrogen (secondary N) is 2. The maximum Gasteiger partial charge on any atom is 0.306 e. The van der Waals surface area contributed by atoms with Gasteiger partial charge in [-0.25, -0.2) is 9.97 Å². The Kier molecular flexibility index (Phi) is 16.8. The number of anilines is 2. The number of halogens is 4. The Balaban J connectivity index is 0.000000213. The Morgan fingerprint density at radius 1 is 0.662 bits per heavy atom. The summed E-state index contributed by atoms with van der Waals surface area (Å²) in [7, 11) is 5.94. The zero-order chi connectivity index (χ0) is 51.5. The lowest BCUT2D eigenvalue weighted by molar-refractivity contribution is -0.156. The Labute approximate surface area is 431 Å². The van der Waals surface area contributed by atoms with E-state index >= 15 is 0 Å². The first-order valence-electron chi connectivity index (χ1n) is 23.4. The number of carbonyl (C=O) groups is 1. The minimum Gasteiger partial charge on any atom is -0.495 e. The number of pyridine rings is 2. The van der Waals surface area contributed by atoms with Gasteiger partial charge in [0.25, 0.3) is 11.1 Å². The molecule has 0 radical (unpaired) electrons. The SMILES string of the molecule is CCn1c(=O)c(-c2c(Cl)c(OC)cc(OC)c2Cl)cc2cnc(NC3CCC[C@@H]3CC(=O)OC(C)(C)C)nc21.CCn1c(=O)c(-c2c(Cl)c(OC)cc(OC)c2Cl)cc2cnc(NC3CCC[C@@H]3N)nc21. The molecule has 17 nitrogen and oxygen atoms in total. The summed E-state index contributed by atoms with van der Waals surface area (Å²) in [6, 6.07) is 6.75. The van der Waals surface area contributed by atoms with E-state index in [1.807, 2.05) is 34.6 Å². The Morgan fingerprint density at radius 2 is 1.07 bits per heavy atom. The molecule has 2 unspecified atom stereocenters. The van der Waals surface area contributed by atoms with Gasteiger partial charge >= 0.3 is 5.97 Å². The Hall–Kier alpha value is -5.59. The lowest BCUT2D eigenvalue weighted by atomic mass is 9.99. The van der Waals surface area contributed by atoms with E-state index in [2.05, 4.69) is 25.6 Å². The van der Waals surface area contributed by atoms with Crippen LogP contribution in [0.4, 0.5) is 11.9 Å². The van der Waals surface area contributed by atoms with Crippen LogP contribution in [0.5, 0.6) is 23.0 Å². The van der Waals surface area contributed by atoms with Gasteiger partial charge in [-0.3, -0.25) is 23.5 Å². The van der Waals surface area contributed by atoms with E-state index in [-0.39, 0.29) is 66.8 Å². The van der Waals surface area contributed by atoms with Gasteiger partial charge in [-0.2, -0.15) is 9.97 Å². The number of rotatable bonds is 14. The molecule has 0 bridgehead atoms. The fourth-order valence-electron chi connectivity index (χ4n) is 9.21. The van der Waals surface area contributed by atoms with E-state index in [9.17, 15) is 14.4 Å². The van der Waals surface area contributed by atoms with Gasteiger partial charge in [-0.05, 0) is 84.8 Å². The molecule has 4 atom stereocenters. The lowest BCUT2D eigenvalue weighted by Crippen LogP contribution is -2.35. The fraction of sp³-hybridized carbons (Fsp3) is 0.460. The lowest BCUT2D eigenvalue weighted by Gasteiger charge is -2.24. The molecule has 21 heteroatoms. The molecular weight excluding hydrogens is 996 g/mol. The summed E-state index contributed by atoms with van der Waals surface area (Å²) < 4.78 is 30.1. The van der Waals surface area contributed by atoms with Crippen molar-refractivity contribution in [2.75, 3.05) is 39.1 Å². The van der Waals surface area contributed by atoms with Crippen molar-refractivity contribution >= 4 is 86.3 Å². The van der Waals surface area contributed by atoms with Crippen LogP contribution >= 0.6 is 46.4 Å². The van der Waals surface area contributed by atoms with Gasteiger partial charge in [0.15, 0.2) is 0 Å². The highest BCUT2D eigenvalue weighted by atomic mass is 35.5. The first kappa shape index (κ1) is 53.2. The van der Waals surface area contributed by atoms with Crippen molar-refractivity contribution in [3.63, 3.8) is 0 Å². The maximum absolute atomic E-state index is 13.7. The molecule has 2 aromatic carbocycles. The van der Waals surface area contributed by atoms with Gasteiger partial charge in [-0.1, -0.05) is 52.8 Å². The monoisotopic (exact) mass is 1050 g/mol. The molecule has 71 heavy (non-hydrogen) atoms. The maximum atomic E-state index is 13.7. The van der Waals surface area contributed by atoms with Crippen LogP contribution in [0.15, 0.2) is 46.2 Å². The third-order valence-corrected chi connectivity index (χ3v) is 14.2. The standard InChI is InChI=1S/C28H34Cl2N4O5.C22H25Cl2N5O3/c1-7-34-25-16(11-17(26(34)36)22-23(29)19(37-5)13-20(38-6)24(22)30)14-31-27(33-25)32-18-10-8-9-15(18)12-21(35)39-28(2,3)4;1-4-29-20-11(10-26-22(28-20)27-14-7-5-6-13(14)25)8-12(21(29)30)17-18(23)15(31-2)9-16(32-3)19(17)24/h11,13-15,18H,7-10,12H2,1-6H3,(H,31,32,33);8-10,13-14H,4-7,25H2,1-3H3,(H,26,27,28)/t15-,18?;13-,14?/m10/s1. The molecule has 380 valence electrons. The van der Waals surface area contributed by atoms with Crippen molar-refractivity contribution in [2.45, 2.75) is 116 Å². The second-order valence-corrected chi connectivity index (χ2v) is 19.8. The van der Waals surface area contributed by atoms with Crippen LogP contribution in [0.1, 0.15) is 79.6 Å². The van der Waals surface area contributed by atoms with Gasteiger partial charge in [-0.15, -0.1) is 0 Å². The van der Waals surface area contributed by atoms with Crippen molar-refractivity contribution in [1.82, 2.24) is 29.1 Å². The van der Waals surface area contributed by atoms with E-state index in [4.69, 9.17) is 80.8 Å². The minimum absolute atomic E-state index is 0.0258. The van der Waals surface area contributed by atoms with Crippen LogP contribution in [0.3, 0.4) is 0 Å². The molecule has 4 N–H and O–H groups in total. The summed E-state index contributed by atoms with van der Waals surface area (Å²) in [4.78, 5) is 57.9. The van der Waals surface area contributed by atoms with Crippen LogP contribution in [-0.4, -0.2) is 87.2 Å². The zero-order valence-corrected chi connectivity index (χ0v) is 44.2. The molecule has 2 aliphatic rings. The van der Waals surface area contributed by atoms with E-state index in [1.54, 1.807) is 45.8 Å². The number of carbonyl (C=O) groups excluding carboxylic acids is 1. The molecule has 8 rings (SSSR count). The predicted octanol–water partition coefficient (Wildman–Crippen LogP) is 10.2. The third-order valence-electron chi connectivity index (χ3n) is 12.7. The van der Waals surface area contributed by atoms with Gasteiger partial charge < -0.3 is 40.1 Å². The van der Waals surface area contributed by atoms with Crippen molar-refractivity contribution in [3.05, 3.63) is 77.5 Å². The summed E-state index contributed by atoms with van der Waals surface area (Å²) in [6.45, 7) is 10.1.